The highest BCUT2D eigenvalue weighted by Crippen LogP contribution is 2.33. The molecule has 1 fully saturated rings. The Morgan fingerprint density at radius 1 is 1.33 bits per heavy atom. The van der Waals surface area contributed by atoms with Gasteiger partial charge in [-0.05, 0) is 42.7 Å². The SMILES string of the molecule is CC[C@@H]1C[C@H]1NC(=O)c1ccnc(-c2ccc(Cl)cc2)n1. The topological polar surface area (TPSA) is 54.9 Å². The molecule has 1 aliphatic carbocycles. The summed E-state index contributed by atoms with van der Waals surface area (Å²) in [7, 11) is 0. The standard InChI is InChI=1S/C16H16ClN3O/c1-2-10-9-14(10)20-16(21)13-7-8-18-15(19-13)11-3-5-12(17)6-4-11/h3-8,10,14H,2,9H2,1H3,(H,20,21)/t10-,14-/m1/s1. The van der Waals surface area contributed by atoms with Crippen LogP contribution in [0.15, 0.2) is 36.5 Å². The summed E-state index contributed by atoms with van der Waals surface area (Å²) < 4.78 is 0. The number of hydrogen-bond acceptors (Lipinski definition) is 3. The first-order chi connectivity index (χ1) is 10.2. The van der Waals surface area contributed by atoms with Gasteiger partial charge in [-0.25, -0.2) is 9.97 Å². The maximum Gasteiger partial charge on any atom is 0.270 e. The number of carbonyl (C=O) groups is 1. The number of amides is 1. The largest absolute Gasteiger partial charge is 0.348 e. The summed E-state index contributed by atoms with van der Waals surface area (Å²) in [6.45, 7) is 2.14. The number of hydrogen-bond donors (Lipinski definition) is 1. The predicted octanol–water partition coefficient (Wildman–Crippen LogP) is 3.33. The molecule has 1 saturated carbocycles. The minimum atomic E-state index is -0.131. The molecule has 2 atom stereocenters. The summed E-state index contributed by atoms with van der Waals surface area (Å²) in [5.74, 6) is 1.02. The smallest absolute Gasteiger partial charge is 0.270 e. The molecule has 0 aliphatic heterocycles. The van der Waals surface area contributed by atoms with Gasteiger partial charge >= 0.3 is 0 Å². The van der Waals surface area contributed by atoms with Crippen molar-refractivity contribution in [3.8, 4) is 11.4 Å². The summed E-state index contributed by atoms with van der Waals surface area (Å²) in [5, 5.41) is 3.67. The lowest BCUT2D eigenvalue weighted by Crippen LogP contribution is -2.27. The normalized spacial score (nSPS) is 20.1. The molecule has 1 aromatic carbocycles. The van der Waals surface area contributed by atoms with E-state index in [0.717, 1.165) is 18.4 Å². The zero-order chi connectivity index (χ0) is 14.8. The van der Waals surface area contributed by atoms with Crippen LogP contribution in [0.25, 0.3) is 11.4 Å². The molecule has 0 unspecified atom stereocenters. The number of aromatic nitrogens is 2. The Hall–Kier alpha value is -1.94. The van der Waals surface area contributed by atoms with Gasteiger partial charge in [-0.15, -0.1) is 0 Å². The van der Waals surface area contributed by atoms with E-state index in [2.05, 4.69) is 22.2 Å². The molecular formula is C16H16ClN3O. The molecule has 1 heterocycles. The molecule has 21 heavy (non-hydrogen) atoms. The van der Waals surface area contributed by atoms with Crippen LogP contribution in [-0.2, 0) is 0 Å². The van der Waals surface area contributed by atoms with Crippen molar-refractivity contribution in [2.75, 3.05) is 0 Å². The summed E-state index contributed by atoms with van der Waals surface area (Å²) in [4.78, 5) is 20.7. The molecule has 0 bridgehead atoms. The average Bonchev–Trinajstić information content (AvgIpc) is 3.26. The van der Waals surface area contributed by atoms with Crippen LogP contribution in [0.2, 0.25) is 5.02 Å². The van der Waals surface area contributed by atoms with Gasteiger partial charge in [-0.2, -0.15) is 0 Å². The van der Waals surface area contributed by atoms with Crippen LogP contribution in [0.3, 0.4) is 0 Å². The molecule has 0 saturated heterocycles. The average molecular weight is 302 g/mol. The van der Waals surface area contributed by atoms with Crippen LogP contribution in [0.5, 0.6) is 0 Å². The molecule has 5 heteroatoms. The van der Waals surface area contributed by atoms with Crippen LogP contribution >= 0.6 is 11.6 Å². The van der Waals surface area contributed by atoms with Gasteiger partial charge in [0.2, 0.25) is 0 Å². The van der Waals surface area contributed by atoms with Crippen molar-refractivity contribution in [1.29, 1.82) is 0 Å². The molecule has 1 aromatic heterocycles. The van der Waals surface area contributed by atoms with Crippen molar-refractivity contribution < 1.29 is 4.79 Å². The maximum absolute atomic E-state index is 12.2. The van der Waals surface area contributed by atoms with Gasteiger partial charge in [0.15, 0.2) is 5.82 Å². The molecule has 1 amide bonds. The van der Waals surface area contributed by atoms with Gasteiger partial charge in [0.05, 0.1) is 0 Å². The van der Waals surface area contributed by atoms with Gasteiger partial charge in [0.25, 0.3) is 5.91 Å². The second-order valence-electron chi connectivity index (χ2n) is 5.26. The molecule has 1 N–H and O–H groups in total. The molecule has 108 valence electrons. The molecule has 2 aromatic rings. The van der Waals surface area contributed by atoms with Crippen molar-refractivity contribution in [1.82, 2.24) is 15.3 Å². The van der Waals surface area contributed by atoms with E-state index in [1.54, 1.807) is 24.4 Å². The highest BCUT2D eigenvalue weighted by Gasteiger charge is 2.36. The number of benzene rings is 1. The number of rotatable bonds is 4. The van der Waals surface area contributed by atoms with E-state index >= 15 is 0 Å². The van der Waals surface area contributed by atoms with E-state index in [0.29, 0.717) is 28.5 Å². The number of nitrogens with one attached hydrogen (secondary N) is 1. The third-order valence-electron chi connectivity index (χ3n) is 3.75. The fourth-order valence-electron chi connectivity index (χ4n) is 2.34. The lowest BCUT2D eigenvalue weighted by Gasteiger charge is -2.05. The Morgan fingerprint density at radius 2 is 2.10 bits per heavy atom. The summed E-state index contributed by atoms with van der Waals surface area (Å²) in [6, 6.07) is 9.18. The fraction of sp³-hybridized carbons (Fsp3) is 0.312. The van der Waals surface area contributed by atoms with Crippen molar-refractivity contribution in [3.63, 3.8) is 0 Å². The number of carbonyl (C=O) groups excluding carboxylic acids is 1. The first-order valence-corrected chi connectivity index (χ1v) is 7.45. The van der Waals surface area contributed by atoms with Gasteiger partial charge in [0, 0.05) is 22.8 Å². The van der Waals surface area contributed by atoms with Crippen molar-refractivity contribution >= 4 is 17.5 Å². The highest BCUT2D eigenvalue weighted by atomic mass is 35.5. The molecule has 1 aliphatic rings. The Labute approximate surface area is 128 Å². The van der Waals surface area contributed by atoms with Gasteiger partial charge < -0.3 is 5.32 Å². The summed E-state index contributed by atoms with van der Waals surface area (Å²) in [5.41, 5.74) is 1.24. The van der Waals surface area contributed by atoms with Crippen LogP contribution in [0.4, 0.5) is 0 Å². The van der Waals surface area contributed by atoms with E-state index in [4.69, 9.17) is 11.6 Å². The predicted molar refractivity (Wildman–Crippen MR) is 82.1 cm³/mol. The highest BCUT2D eigenvalue weighted by molar-refractivity contribution is 6.30. The van der Waals surface area contributed by atoms with Crippen molar-refractivity contribution in [3.05, 3.63) is 47.2 Å². The second-order valence-corrected chi connectivity index (χ2v) is 5.69. The Morgan fingerprint density at radius 3 is 2.76 bits per heavy atom. The lowest BCUT2D eigenvalue weighted by atomic mass is 10.2. The quantitative estimate of drug-likeness (QED) is 0.942. The molecule has 4 nitrogen and oxygen atoms in total. The molecule has 3 rings (SSSR count). The first kappa shape index (κ1) is 14.0. The minimum Gasteiger partial charge on any atom is -0.348 e. The van der Waals surface area contributed by atoms with Crippen LogP contribution < -0.4 is 5.32 Å². The summed E-state index contributed by atoms with van der Waals surface area (Å²) in [6.07, 6.45) is 3.78. The van der Waals surface area contributed by atoms with E-state index in [-0.39, 0.29) is 5.91 Å². The molecule has 0 radical (unpaired) electrons. The number of nitrogens with zero attached hydrogens (tertiary/aromatic N) is 2. The van der Waals surface area contributed by atoms with Gasteiger partial charge in [0.1, 0.15) is 5.69 Å². The van der Waals surface area contributed by atoms with E-state index < -0.39 is 0 Å². The Kier molecular flexibility index (Phi) is 3.88. The van der Waals surface area contributed by atoms with Crippen LogP contribution in [-0.4, -0.2) is 21.9 Å². The lowest BCUT2D eigenvalue weighted by molar-refractivity contribution is 0.0944. The number of halogens is 1. The van der Waals surface area contributed by atoms with Crippen molar-refractivity contribution in [2.24, 2.45) is 5.92 Å². The third kappa shape index (κ3) is 3.22. The zero-order valence-electron chi connectivity index (χ0n) is 11.7. The summed E-state index contributed by atoms with van der Waals surface area (Å²) >= 11 is 5.87. The third-order valence-corrected chi connectivity index (χ3v) is 4.01. The second kappa shape index (κ2) is 5.82. The monoisotopic (exact) mass is 301 g/mol. The van der Waals surface area contributed by atoms with Crippen LogP contribution in [0.1, 0.15) is 30.3 Å². The van der Waals surface area contributed by atoms with Crippen LogP contribution in [0, 0.1) is 5.92 Å². The van der Waals surface area contributed by atoms with Crippen molar-refractivity contribution in [2.45, 2.75) is 25.8 Å². The Bertz CT molecular complexity index is 657. The maximum atomic E-state index is 12.2. The fourth-order valence-corrected chi connectivity index (χ4v) is 2.47. The minimum absolute atomic E-state index is 0.131. The van der Waals surface area contributed by atoms with E-state index in [9.17, 15) is 4.79 Å². The van der Waals surface area contributed by atoms with Gasteiger partial charge in [-0.3, -0.25) is 4.79 Å². The van der Waals surface area contributed by atoms with E-state index in [1.165, 1.54) is 0 Å². The zero-order valence-corrected chi connectivity index (χ0v) is 12.5. The first-order valence-electron chi connectivity index (χ1n) is 7.07. The van der Waals surface area contributed by atoms with E-state index in [1.807, 2.05) is 12.1 Å². The Balaban J connectivity index is 1.76. The molecular weight excluding hydrogens is 286 g/mol. The van der Waals surface area contributed by atoms with Gasteiger partial charge in [-0.1, -0.05) is 24.9 Å². The molecule has 0 spiro atoms.